The Bertz CT molecular complexity index is 1390. The van der Waals surface area contributed by atoms with Gasteiger partial charge in [-0.05, 0) is 24.6 Å². The molecule has 0 saturated heterocycles. The van der Waals surface area contributed by atoms with E-state index in [0.717, 1.165) is 23.7 Å². The van der Waals surface area contributed by atoms with Crippen molar-refractivity contribution in [2.24, 2.45) is 17.3 Å². The lowest BCUT2D eigenvalue weighted by atomic mass is 10.2. The zero-order chi connectivity index (χ0) is 21.4. The zero-order valence-electron chi connectivity index (χ0n) is 16.4. The Morgan fingerprint density at radius 2 is 2.00 bits per heavy atom. The highest BCUT2D eigenvalue weighted by Gasteiger charge is 2.17. The second-order valence-corrected chi connectivity index (χ2v) is 7.89. The zero-order valence-corrected chi connectivity index (χ0v) is 18.0. The molecule has 0 atom stereocenters. The standard InChI is InChI=1S/C19H20BrN7O3/c1-3-4-5-8-27-13-16(26(2)19(30)23-17(13)29)22-18(27)25-24-15-14(28)11-9-10(20)6-7-12(11)21-15/h6-7,9,21,28H,3-5,8H2,1-2H3,(H,23,29,30)/b25-24+. The average molecular weight is 474 g/mol. The van der Waals surface area contributed by atoms with Crippen LogP contribution in [0.1, 0.15) is 26.2 Å². The Morgan fingerprint density at radius 3 is 2.77 bits per heavy atom. The van der Waals surface area contributed by atoms with Gasteiger partial charge < -0.3 is 14.7 Å². The Hall–Kier alpha value is -3.21. The highest BCUT2D eigenvalue weighted by atomic mass is 79.9. The van der Waals surface area contributed by atoms with Crippen LogP contribution < -0.4 is 11.2 Å². The van der Waals surface area contributed by atoms with Gasteiger partial charge in [-0.2, -0.15) is 4.98 Å². The van der Waals surface area contributed by atoms with E-state index in [2.05, 4.69) is 48.0 Å². The summed E-state index contributed by atoms with van der Waals surface area (Å²) in [6, 6.07) is 5.43. The first kappa shape index (κ1) is 20.1. The second kappa shape index (κ2) is 7.90. The van der Waals surface area contributed by atoms with E-state index < -0.39 is 11.2 Å². The van der Waals surface area contributed by atoms with E-state index in [-0.39, 0.29) is 28.7 Å². The molecule has 3 aromatic heterocycles. The molecule has 0 amide bonds. The number of imidazole rings is 1. The van der Waals surface area contributed by atoms with Crippen molar-refractivity contribution in [3.8, 4) is 5.75 Å². The minimum atomic E-state index is -0.548. The Morgan fingerprint density at radius 1 is 1.20 bits per heavy atom. The van der Waals surface area contributed by atoms with E-state index in [1.54, 1.807) is 10.6 Å². The first-order valence-electron chi connectivity index (χ1n) is 9.52. The molecule has 0 saturated carbocycles. The molecule has 0 bridgehead atoms. The van der Waals surface area contributed by atoms with Gasteiger partial charge in [-0.1, -0.05) is 35.7 Å². The molecule has 3 heterocycles. The predicted molar refractivity (Wildman–Crippen MR) is 117 cm³/mol. The van der Waals surface area contributed by atoms with Gasteiger partial charge in [0.25, 0.3) is 11.5 Å². The van der Waals surface area contributed by atoms with Gasteiger partial charge in [-0.15, -0.1) is 10.2 Å². The molecule has 4 aromatic rings. The monoisotopic (exact) mass is 473 g/mol. The maximum absolute atomic E-state index is 12.4. The summed E-state index contributed by atoms with van der Waals surface area (Å²) in [4.78, 5) is 34.1. The maximum atomic E-state index is 12.4. The molecule has 10 nitrogen and oxygen atoms in total. The summed E-state index contributed by atoms with van der Waals surface area (Å²) in [5.41, 5.74) is 0.149. The molecule has 0 spiro atoms. The largest absolute Gasteiger partial charge is 0.504 e. The van der Waals surface area contributed by atoms with Gasteiger partial charge in [0, 0.05) is 23.5 Å². The third-order valence-electron chi connectivity index (χ3n) is 4.93. The van der Waals surface area contributed by atoms with E-state index in [0.29, 0.717) is 17.4 Å². The molecular weight excluding hydrogens is 454 g/mol. The highest BCUT2D eigenvalue weighted by molar-refractivity contribution is 9.10. The molecule has 0 aliphatic carbocycles. The van der Waals surface area contributed by atoms with Crippen molar-refractivity contribution in [1.29, 1.82) is 0 Å². The number of aromatic hydroxyl groups is 1. The number of hydrogen-bond donors (Lipinski definition) is 3. The molecule has 11 heteroatoms. The number of aromatic amines is 2. The number of rotatable bonds is 6. The SMILES string of the molecule is CCCCCn1c(/N=N/c2[nH]c3ccc(Br)cc3c2O)nc2c1c(=O)[nH]c(=O)n2C. The van der Waals surface area contributed by atoms with Crippen molar-refractivity contribution >= 4 is 49.8 Å². The molecule has 30 heavy (non-hydrogen) atoms. The Labute approximate surface area is 178 Å². The van der Waals surface area contributed by atoms with Gasteiger partial charge >= 0.3 is 5.69 Å². The minimum absolute atomic E-state index is 0.0334. The maximum Gasteiger partial charge on any atom is 0.329 e. The number of azo groups is 1. The van der Waals surface area contributed by atoms with Gasteiger partial charge in [0.1, 0.15) is 0 Å². The molecule has 0 aliphatic heterocycles. The van der Waals surface area contributed by atoms with Crippen molar-refractivity contribution < 1.29 is 5.11 Å². The molecular formula is C19H20BrN7O3. The van der Waals surface area contributed by atoms with Crippen LogP contribution in [0.15, 0.2) is 42.5 Å². The van der Waals surface area contributed by atoms with Gasteiger partial charge in [0.05, 0.1) is 5.52 Å². The molecule has 0 radical (unpaired) electrons. The number of hydrogen-bond acceptors (Lipinski definition) is 6. The molecule has 3 N–H and O–H groups in total. The van der Waals surface area contributed by atoms with Crippen LogP contribution in [0.25, 0.3) is 22.1 Å². The summed E-state index contributed by atoms with van der Waals surface area (Å²) in [5, 5.41) is 19.4. The normalized spacial score (nSPS) is 12.0. The van der Waals surface area contributed by atoms with E-state index >= 15 is 0 Å². The smallest absolute Gasteiger partial charge is 0.329 e. The number of halogens is 1. The van der Waals surface area contributed by atoms with Crippen molar-refractivity contribution in [2.45, 2.75) is 32.7 Å². The first-order valence-corrected chi connectivity index (χ1v) is 10.3. The predicted octanol–water partition coefficient (Wildman–Crippen LogP) is 3.98. The van der Waals surface area contributed by atoms with Crippen molar-refractivity contribution in [1.82, 2.24) is 24.1 Å². The molecule has 0 aliphatic rings. The summed E-state index contributed by atoms with van der Waals surface area (Å²) in [5.74, 6) is 0.332. The quantitative estimate of drug-likeness (QED) is 0.288. The van der Waals surface area contributed by atoms with Gasteiger partial charge in [-0.25, -0.2) is 4.79 Å². The number of nitrogens with one attached hydrogen (secondary N) is 2. The van der Waals surface area contributed by atoms with E-state index in [1.165, 1.54) is 11.6 Å². The Kier molecular flexibility index (Phi) is 5.29. The molecule has 0 unspecified atom stereocenters. The van der Waals surface area contributed by atoms with Crippen LogP contribution in [0.5, 0.6) is 5.75 Å². The lowest BCUT2D eigenvalue weighted by Gasteiger charge is -2.05. The number of fused-ring (bicyclic) bond motifs is 2. The summed E-state index contributed by atoms with van der Waals surface area (Å²) in [6.45, 7) is 2.59. The van der Waals surface area contributed by atoms with Crippen LogP contribution in [0.2, 0.25) is 0 Å². The number of H-pyrrole nitrogens is 2. The lowest BCUT2D eigenvalue weighted by Crippen LogP contribution is -2.29. The average Bonchev–Trinajstić information content (AvgIpc) is 3.23. The fraction of sp³-hybridized carbons (Fsp3) is 0.316. The van der Waals surface area contributed by atoms with Gasteiger partial charge in [0.2, 0.25) is 0 Å². The van der Waals surface area contributed by atoms with E-state index in [4.69, 9.17) is 0 Å². The summed E-state index contributed by atoms with van der Waals surface area (Å²) in [7, 11) is 1.53. The fourth-order valence-electron chi connectivity index (χ4n) is 3.33. The molecule has 1 aromatic carbocycles. The highest BCUT2D eigenvalue weighted by Crippen LogP contribution is 2.37. The van der Waals surface area contributed by atoms with Crippen LogP contribution in [0.3, 0.4) is 0 Å². The lowest BCUT2D eigenvalue weighted by molar-refractivity contribution is 0.482. The van der Waals surface area contributed by atoms with E-state index in [9.17, 15) is 14.7 Å². The van der Waals surface area contributed by atoms with Gasteiger partial charge in [-0.3, -0.25) is 14.3 Å². The third-order valence-corrected chi connectivity index (χ3v) is 5.42. The summed E-state index contributed by atoms with van der Waals surface area (Å²) < 4.78 is 3.75. The van der Waals surface area contributed by atoms with Crippen molar-refractivity contribution in [2.75, 3.05) is 0 Å². The number of benzene rings is 1. The number of unbranched alkanes of at least 4 members (excludes halogenated alkanes) is 2. The van der Waals surface area contributed by atoms with Crippen LogP contribution in [-0.2, 0) is 13.6 Å². The number of aryl methyl sites for hydroxylation is 2. The molecule has 0 fully saturated rings. The Balaban J connectivity index is 1.83. The number of nitrogens with zero attached hydrogens (tertiary/aromatic N) is 5. The summed E-state index contributed by atoms with van der Waals surface area (Å²) in [6.07, 6.45) is 2.80. The molecule has 156 valence electrons. The minimum Gasteiger partial charge on any atom is -0.504 e. The van der Waals surface area contributed by atoms with E-state index in [1.807, 2.05) is 12.1 Å². The van der Waals surface area contributed by atoms with Crippen LogP contribution in [0, 0.1) is 0 Å². The van der Waals surface area contributed by atoms with Crippen molar-refractivity contribution in [3.05, 3.63) is 43.5 Å². The van der Waals surface area contributed by atoms with Crippen LogP contribution in [0.4, 0.5) is 11.8 Å². The number of aromatic nitrogens is 5. The van der Waals surface area contributed by atoms with Crippen LogP contribution >= 0.6 is 15.9 Å². The van der Waals surface area contributed by atoms with Crippen LogP contribution in [-0.4, -0.2) is 29.2 Å². The van der Waals surface area contributed by atoms with Crippen molar-refractivity contribution in [3.63, 3.8) is 0 Å². The topological polar surface area (TPSA) is 133 Å². The van der Waals surface area contributed by atoms with Gasteiger partial charge in [0.15, 0.2) is 22.7 Å². The summed E-state index contributed by atoms with van der Waals surface area (Å²) >= 11 is 3.38. The first-order chi connectivity index (χ1) is 14.4. The molecule has 4 rings (SSSR count). The fourth-order valence-corrected chi connectivity index (χ4v) is 3.70. The second-order valence-electron chi connectivity index (χ2n) is 6.97. The third kappa shape index (κ3) is 3.45.